The summed E-state index contributed by atoms with van der Waals surface area (Å²) in [6.07, 6.45) is 3.00. The molecule has 0 aliphatic carbocycles. The van der Waals surface area contributed by atoms with Crippen molar-refractivity contribution in [1.82, 2.24) is 9.88 Å². The van der Waals surface area contributed by atoms with Crippen LogP contribution in [0.2, 0.25) is 0 Å². The van der Waals surface area contributed by atoms with Crippen LogP contribution in [-0.2, 0) is 16.0 Å². The van der Waals surface area contributed by atoms with E-state index in [4.69, 9.17) is 4.74 Å². The molecule has 0 bridgehead atoms. The number of carbonyl (C=O) groups excluding carboxylic acids is 1. The lowest BCUT2D eigenvalue weighted by atomic mass is 9.99. The Bertz CT molecular complexity index is 656. The smallest absolute Gasteiger partial charge is 0.248 e. The number of likely N-dealkylation sites (tertiary alicyclic amines) is 1. The summed E-state index contributed by atoms with van der Waals surface area (Å²) in [5, 5.41) is 3.25. The average molecular weight is 344 g/mol. The summed E-state index contributed by atoms with van der Waals surface area (Å²) in [5.41, 5.74) is 2.31. The van der Waals surface area contributed by atoms with Crippen LogP contribution in [-0.4, -0.2) is 42.1 Å². The molecule has 1 aliphatic heterocycles. The summed E-state index contributed by atoms with van der Waals surface area (Å²) in [4.78, 5) is 18.9. The molecule has 0 unspecified atom stereocenters. The summed E-state index contributed by atoms with van der Waals surface area (Å²) in [5.74, 6) is 0.478. The van der Waals surface area contributed by atoms with Crippen molar-refractivity contribution in [1.29, 1.82) is 0 Å². The summed E-state index contributed by atoms with van der Waals surface area (Å²) in [7, 11) is 0. The molecule has 2 aromatic rings. The standard InChI is InChI=1S/C19H24N2O2S/c1-15-14-24-19(20-15)17-8-5-10-21(12-17)18(22)13-23-11-9-16-6-3-2-4-7-16/h2-4,6-7,14,17H,5,8-13H2,1H3/t17-/m1/s1. The van der Waals surface area contributed by atoms with Gasteiger partial charge in [0, 0.05) is 30.1 Å². The second-order valence-corrected chi connectivity index (χ2v) is 7.18. The van der Waals surface area contributed by atoms with Crippen molar-refractivity contribution in [2.24, 2.45) is 0 Å². The van der Waals surface area contributed by atoms with Crippen molar-refractivity contribution in [3.8, 4) is 0 Å². The minimum atomic E-state index is 0.0982. The Hall–Kier alpha value is -1.72. The van der Waals surface area contributed by atoms with Gasteiger partial charge in [0.05, 0.1) is 11.6 Å². The van der Waals surface area contributed by atoms with Gasteiger partial charge in [0.1, 0.15) is 6.61 Å². The number of carbonyl (C=O) groups is 1. The third-order valence-electron chi connectivity index (χ3n) is 4.36. The van der Waals surface area contributed by atoms with Crippen molar-refractivity contribution < 1.29 is 9.53 Å². The van der Waals surface area contributed by atoms with Crippen LogP contribution in [0.1, 0.15) is 35.0 Å². The third-order valence-corrected chi connectivity index (χ3v) is 5.49. The Kier molecular flexibility index (Phi) is 5.99. The van der Waals surface area contributed by atoms with Crippen LogP contribution in [0.25, 0.3) is 0 Å². The highest BCUT2D eigenvalue weighted by Gasteiger charge is 2.26. The molecular formula is C19H24N2O2S. The highest BCUT2D eigenvalue weighted by Crippen LogP contribution is 2.29. The molecule has 1 aliphatic rings. The Morgan fingerprint density at radius 1 is 1.38 bits per heavy atom. The molecule has 4 nitrogen and oxygen atoms in total. The monoisotopic (exact) mass is 344 g/mol. The van der Waals surface area contributed by atoms with Gasteiger partial charge in [-0.25, -0.2) is 4.98 Å². The van der Waals surface area contributed by atoms with Gasteiger partial charge in [-0.2, -0.15) is 0 Å². The van der Waals surface area contributed by atoms with Crippen LogP contribution in [0.5, 0.6) is 0 Å². The zero-order valence-corrected chi connectivity index (χ0v) is 14.9. The van der Waals surface area contributed by atoms with E-state index in [0.717, 1.165) is 43.1 Å². The first-order valence-corrected chi connectivity index (χ1v) is 9.42. The van der Waals surface area contributed by atoms with Gasteiger partial charge < -0.3 is 9.64 Å². The molecule has 0 saturated carbocycles. The maximum absolute atomic E-state index is 12.4. The van der Waals surface area contributed by atoms with Crippen molar-refractivity contribution in [2.75, 3.05) is 26.3 Å². The summed E-state index contributed by atoms with van der Waals surface area (Å²) in [6.45, 7) is 4.39. The minimum absolute atomic E-state index is 0.0982. The number of benzene rings is 1. The first kappa shape index (κ1) is 17.1. The quantitative estimate of drug-likeness (QED) is 0.754. The lowest BCUT2D eigenvalue weighted by Crippen LogP contribution is -2.41. The van der Waals surface area contributed by atoms with Gasteiger partial charge in [0.25, 0.3) is 0 Å². The van der Waals surface area contributed by atoms with E-state index in [1.165, 1.54) is 5.56 Å². The molecule has 1 fully saturated rings. The molecule has 1 amide bonds. The molecule has 0 radical (unpaired) electrons. The lowest BCUT2D eigenvalue weighted by molar-refractivity contribution is -0.137. The zero-order valence-electron chi connectivity index (χ0n) is 14.1. The number of hydrogen-bond acceptors (Lipinski definition) is 4. The number of rotatable bonds is 6. The number of hydrogen-bond donors (Lipinski definition) is 0. The molecule has 128 valence electrons. The van der Waals surface area contributed by atoms with Gasteiger partial charge in [-0.05, 0) is 31.7 Å². The van der Waals surface area contributed by atoms with Crippen molar-refractivity contribution in [3.05, 3.63) is 52.0 Å². The van der Waals surface area contributed by atoms with Gasteiger partial charge in [-0.15, -0.1) is 11.3 Å². The number of amides is 1. The van der Waals surface area contributed by atoms with Crippen LogP contribution in [0.3, 0.4) is 0 Å². The first-order chi connectivity index (χ1) is 11.7. The van der Waals surface area contributed by atoms with Crippen molar-refractivity contribution >= 4 is 17.2 Å². The van der Waals surface area contributed by atoms with E-state index in [2.05, 4.69) is 22.5 Å². The van der Waals surface area contributed by atoms with E-state index < -0.39 is 0 Å². The van der Waals surface area contributed by atoms with E-state index in [1.807, 2.05) is 30.0 Å². The maximum Gasteiger partial charge on any atom is 0.248 e. The fourth-order valence-corrected chi connectivity index (χ4v) is 3.98. The number of thiazole rings is 1. The van der Waals surface area contributed by atoms with Crippen LogP contribution < -0.4 is 0 Å². The average Bonchev–Trinajstić information content (AvgIpc) is 3.06. The third kappa shape index (κ3) is 4.65. The largest absolute Gasteiger partial charge is 0.371 e. The van der Waals surface area contributed by atoms with Crippen LogP contribution in [0.4, 0.5) is 0 Å². The Morgan fingerprint density at radius 3 is 2.96 bits per heavy atom. The predicted molar refractivity (Wildman–Crippen MR) is 96.4 cm³/mol. The van der Waals surface area contributed by atoms with E-state index in [-0.39, 0.29) is 12.5 Å². The van der Waals surface area contributed by atoms with Crippen molar-refractivity contribution in [2.45, 2.75) is 32.1 Å². The second kappa shape index (κ2) is 8.40. The maximum atomic E-state index is 12.4. The highest BCUT2D eigenvalue weighted by molar-refractivity contribution is 7.09. The number of aryl methyl sites for hydroxylation is 1. The van der Waals surface area contributed by atoms with E-state index >= 15 is 0 Å². The molecule has 0 spiro atoms. The van der Waals surface area contributed by atoms with Gasteiger partial charge >= 0.3 is 0 Å². The van der Waals surface area contributed by atoms with Gasteiger partial charge in [0.2, 0.25) is 5.91 Å². The predicted octanol–water partition coefficient (Wildman–Crippen LogP) is 3.42. The lowest BCUT2D eigenvalue weighted by Gasteiger charge is -2.31. The van der Waals surface area contributed by atoms with Crippen LogP contribution >= 0.6 is 11.3 Å². The van der Waals surface area contributed by atoms with E-state index in [9.17, 15) is 4.79 Å². The summed E-state index contributed by atoms with van der Waals surface area (Å²) >= 11 is 1.71. The molecule has 3 rings (SSSR count). The Labute approximate surface area is 147 Å². The Balaban J connectivity index is 1.43. The highest BCUT2D eigenvalue weighted by atomic mass is 32.1. The van der Waals surface area contributed by atoms with Crippen LogP contribution in [0.15, 0.2) is 35.7 Å². The fraction of sp³-hybridized carbons (Fsp3) is 0.474. The molecule has 5 heteroatoms. The number of piperidine rings is 1. The van der Waals surface area contributed by atoms with Crippen molar-refractivity contribution in [3.63, 3.8) is 0 Å². The number of ether oxygens (including phenoxy) is 1. The minimum Gasteiger partial charge on any atom is -0.371 e. The van der Waals surface area contributed by atoms with Crippen LogP contribution in [0, 0.1) is 6.92 Å². The topological polar surface area (TPSA) is 42.4 Å². The first-order valence-electron chi connectivity index (χ1n) is 8.54. The molecule has 1 aromatic heterocycles. The van der Waals surface area contributed by atoms with Gasteiger partial charge in [-0.1, -0.05) is 30.3 Å². The van der Waals surface area contributed by atoms with Gasteiger partial charge in [0.15, 0.2) is 0 Å². The molecule has 2 heterocycles. The number of aromatic nitrogens is 1. The van der Waals surface area contributed by atoms with Gasteiger partial charge in [-0.3, -0.25) is 4.79 Å². The SMILES string of the molecule is Cc1csc([C@@H]2CCCN(C(=O)COCCc3ccccc3)C2)n1. The fourth-order valence-electron chi connectivity index (χ4n) is 3.05. The van der Waals surface area contributed by atoms with E-state index in [1.54, 1.807) is 11.3 Å². The summed E-state index contributed by atoms with van der Waals surface area (Å²) < 4.78 is 5.59. The molecule has 1 aromatic carbocycles. The normalized spacial score (nSPS) is 17.9. The molecule has 1 saturated heterocycles. The molecule has 1 atom stereocenters. The molecule has 0 N–H and O–H groups in total. The number of nitrogens with zero attached hydrogens (tertiary/aromatic N) is 2. The summed E-state index contributed by atoms with van der Waals surface area (Å²) in [6, 6.07) is 10.2. The van der Waals surface area contributed by atoms with E-state index in [0.29, 0.717) is 12.5 Å². The zero-order chi connectivity index (χ0) is 16.8. The second-order valence-electron chi connectivity index (χ2n) is 6.29. The molecule has 24 heavy (non-hydrogen) atoms. The Morgan fingerprint density at radius 2 is 2.21 bits per heavy atom. The molecular weight excluding hydrogens is 320 g/mol.